The van der Waals surface area contributed by atoms with E-state index in [4.69, 9.17) is 4.74 Å². The predicted octanol–water partition coefficient (Wildman–Crippen LogP) is 1.61. The normalized spacial score (nSPS) is 11.5. The van der Waals surface area contributed by atoms with Gasteiger partial charge in [-0.2, -0.15) is 0 Å². The van der Waals surface area contributed by atoms with Crippen LogP contribution < -0.4 is 0 Å². The van der Waals surface area contributed by atoms with Crippen LogP contribution >= 0.6 is 0 Å². The molecule has 0 aliphatic heterocycles. The molecule has 0 N–H and O–H groups in total. The van der Waals surface area contributed by atoms with Gasteiger partial charge in [-0.3, -0.25) is 0 Å². The van der Waals surface area contributed by atoms with Crippen LogP contribution in [0.15, 0.2) is 0 Å². The third kappa shape index (κ3) is 7.82. The zero-order valence-electron chi connectivity index (χ0n) is 8.26. The maximum Gasteiger partial charge on any atom is 0.0593 e. The van der Waals surface area contributed by atoms with Gasteiger partial charge in [0, 0.05) is 13.2 Å². The molecule has 2 nitrogen and oxygen atoms in total. The summed E-state index contributed by atoms with van der Waals surface area (Å²) in [5.41, 5.74) is 0. The van der Waals surface area contributed by atoms with E-state index in [-0.39, 0.29) is 0 Å². The second kappa shape index (κ2) is 6.62. The van der Waals surface area contributed by atoms with Gasteiger partial charge >= 0.3 is 0 Å². The quantitative estimate of drug-likeness (QED) is 0.546. The summed E-state index contributed by atoms with van der Waals surface area (Å²) in [4.78, 5) is 2.25. The van der Waals surface area contributed by atoms with E-state index >= 15 is 0 Å². The van der Waals surface area contributed by atoms with Crippen molar-refractivity contribution < 1.29 is 4.74 Å². The highest BCUT2D eigenvalue weighted by molar-refractivity contribution is 4.46. The molecule has 0 bridgehead atoms. The summed E-state index contributed by atoms with van der Waals surface area (Å²) in [5, 5.41) is 0. The molecule has 0 spiro atoms. The van der Waals surface area contributed by atoms with Gasteiger partial charge in [-0.25, -0.2) is 0 Å². The molecule has 0 radical (unpaired) electrons. The van der Waals surface area contributed by atoms with Crippen LogP contribution in [0.5, 0.6) is 0 Å². The zero-order chi connectivity index (χ0) is 8.69. The van der Waals surface area contributed by atoms with Crippen molar-refractivity contribution in [1.82, 2.24) is 4.90 Å². The molecule has 0 rings (SSSR count). The molecule has 0 fully saturated rings. The van der Waals surface area contributed by atoms with Gasteiger partial charge in [-0.05, 0) is 19.5 Å². The molecule has 0 aromatic heterocycles. The highest BCUT2D eigenvalue weighted by atomic mass is 16.5. The maximum absolute atomic E-state index is 5.43. The lowest BCUT2D eigenvalue weighted by molar-refractivity contribution is 0.0927. The van der Waals surface area contributed by atoms with Crippen molar-refractivity contribution in [3.05, 3.63) is 0 Å². The smallest absolute Gasteiger partial charge is 0.0593 e. The summed E-state index contributed by atoms with van der Waals surface area (Å²) >= 11 is 0. The summed E-state index contributed by atoms with van der Waals surface area (Å²) in [6, 6.07) is 0. The third-order valence-electron chi connectivity index (χ3n) is 1.61. The Labute approximate surface area is 70.5 Å². The molecule has 0 aromatic carbocycles. The molecule has 68 valence electrons. The van der Waals surface area contributed by atoms with Gasteiger partial charge in [-0.1, -0.05) is 20.8 Å². The molecule has 0 saturated carbocycles. The molecular weight excluding hydrogens is 138 g/mol. The van der Waals surface area contributed by atoms with Crippen LogP contribution in [0.2, 0.25) is 0 Å². The second-order valence-corrected chi connectivity index (χ2v) is 3.36. The first-order chi connectivity index (χ1) is 5.16. The largest absolute Gasteiger partial charge is 0.380 e. The standard InChI is InChI=1S/C9H21NO/c1-5-10(4)6-7-11-8-9(2)3/h9H,5-8H2,1-4H3. The minimum atomic E-state index is 0.655. The molecular formula is C9H21NO. The highest BCUT2D eigenvalue weighted by Gasteiger charge is 1.95. The fourth-order valence-corrected chi connectivity index (χ4v) is 0.698. The van der Waals surface area contributed by atoms with E-state index in [0.717, 1.165) is 26.3 Å². The van der Waals surface area contributed by atoms with Crippen molar-refractivity contribution in [2.24, 2.45) is 5.92 Å². The van der Waals surface area contributed by atoms with E-state index in [1.54, 1.807) is 0 Å². The van der Waals surface area contributed by atoms with Gasteiger partial charge in [0.25, 0.3) is 0 Å². The van der Waals surface area contributed by atoms with Crippen LogP contribution in [0, 0.1) is 5.92 Å². The Morgan fingerprint density at radius 2 is 2.00 bits per heavy atom. The summed E-state index contributed by atoms with van der Waals surface area (Å²) < 4.78 is 5.43. The van der Waals surface area contributed by atoms with Crippen molar-refractivity contribution in [2.45, 2.75) is 20.8 Å². The first-order valence-corrected chi connectivity index (χ1v) is 4.43. The van der Waals surface area contributed by atoms with E-state index in [0.29, 0.717) is 5.92 Å². The van der Waals surface area contributed by atoms with E-state index in [1.165, 1.54) is 0 Å². The molecule has 0 saturated heterocycles. The second-order valence-electron chi connectivity index (χ2n) is 3.36. The zero-order valence-corrected chi connectivity index (χ0v) is 8.26. The number of ether oxygens (including phenoxy) is 1. The number of likely N-dealkylation sites (N-methyl/N-ethyl adjacent to an activating group) is 1. The molecule has 0 aromatic rings. The Morgan fingerprint density at radius 1 is 1.36 bits per heavy atom. The average Bonchev–Trinajstić information content (AvgIpc) is 1.97. The molecule has 11 heavy (non-hydrogen) atoms. The maximum atomic E-state index is 5.43. The summed E-state index contributed by atoms with van der Waals surface area (Å²) in [6.07, 6.45) is 0. The highest BCUT2D eigenvalue weighted by Crippen LogP contribution is 1.92. The molecule has 0 atom stereocenters. The average molecular weight is 159 g/mol. The Kier molecular flexibility index (Phi) is 6.57. The first kappa shape index (κ1) is 10.9. The van der Waals surface area contributed by atoms with Crippen LogP contribution in [-0.2, 0) is 4.74 Å². The molecule has 0 aliphatic rings. The minimum absolute atomic E-state index is 0.655. The van der Waals surface area contributed by atoms with Gasteiger partial charge in [0.15, 0.2) is 0 Å². The van der Waals surface area contributed by atoms with Crippen molar-refractivity contribution in [3.8, 4) is 0 Å². The fraction of sp³-hybridized carbons (Fsp3) is 1.00. The minimum Gasteiger partial charge on any atom is -0.380 e. The Bertz CT molecular complexity index is 83.6. The van der Waals surface area contributed by atoms with E-state index in [1.807, 2.05) is 0 Å². The van der Waals surface area contributed by atoms with Gasteiger partial charge in [-0.15, -0.1) is 0 Å². The molecule has 0 heterocycles. The van der Waals surface area contributed by atoms with Crippen molar-refractivity contribution >= 4 is 0 Å². The van der Waals surface area contributed by atoms with Crippen LogP contribution in [0.25, 0.3) is 0 Å². The topological polar surface area (TPSA) is 12.5 Å². The van der Waals surface area contributed by atoms with Crippen LogP contribution in [-0.4, -0.2) is 38.3 Å². The monoisotopic (exact) mass is 159 g/mol. The van der Waals surface area contributed by atoms with Gasteiger partial charge in [0.05, 0.1) is 6.61 Å². The van der Waals surface area contributed by atoms with Crippen molar-refractivity contribution in [2.75, 3.05) is 33.4 Å². The van der Waals surface area contributed by atoms with Crippen molar-refractivity contribution in [1.29, 1.82) is 0 Å². The van der Waals surface area contributed by atoms with Crippen LogP contribution in [0.4, 0.5) is 0 Å². The van der Waals surface area contributed by atoms with Gasteiger partial charge in [0.1, 0.15) is 0 Å². The molecule has 2 heteroatoms. The molecule has 0 aliphatic carbocycles. The van der Waals surface area contributed by atoms with Crippen LogP contribution in [0.3, 0.4) is 0 Å². The van der Waals surface area contributed by atoms with Gasteiger partial charge in [0.2, 0.25) is 0 Å². The van der Waals surface area contributed by atoms with E-state index in [2.05, 4.69) is 32.7 Å². The molecule has 0 unspecified atom stereocenters. The lowest BCUT2D eigenvalue weighted by Gasteiger charge is -2.14. The first-order valence-electron chi connectivity index (χ1n) is 4.43. The number of nitrogens with zero attached hydrogens (tertiary/aromatic N) is 1. The number of hydrogen-bond acceptors (Lipinski definition) is 2. The number of hydrogen-bond donors (Lipinski definition) is 0. The SMILES string of the molecule is CCN(C)CCOCC(C)C. The molecule has 0 amide bonds. The third-order valence-corrected chi connectivity index (χ3v) is 1.61. The van der Waals surface area contributed by atoms with Gasteiger partial charge < -0.3 is 9.64 Å². The fourth-order valence-electron chi connectivity index (χ4n) is 0.698. The Balaban J connectivity index is 3.01. The lowest BCUT2D eigenvalue weighted by Crippen LogP contribution is -2.23. The predicted molar refractivity (Wildman–Crippen MR) is 48.8 cm³/mol. The lowest BCUT2D eigenvalue weighted by atomic mass is 10.2. The van der Waals surface area contributed by atoms with Crippen molar-refractivity contribution in [3.63, 3.8) is 0 Å². The summed E-state index contributed by atoms with van der Waals surface area (Å²) in [6.45, 7) is 10.4. The summed E-state index contributed by atoms with van der Waals surface area (Å²) in [5.74, 6) is 0.655. The Morgan fingerprint density at radius 3 is 2.45 bits per heavy atom. The number of rotatable bonds is 6. The summed E-state index contributed by atoms with van der Waals surface area (Å²) in [7, 11) is 2.11. The Hall–Kier alpha value is -0.0800. The van der Waals surface area contributed by atoms with Crippen LogP contribution in [0.1, 0.15) is 20.8 Å². The van der Waals surface area contributed by atoms with E-state index in [9.17, 15) is 0 Å². The van der Waals surface area contributed by atoms with E-state index < -0.39 is 0 Å².